The molecular weight excluding hydrogens is 172 g/mol. The number of hydrogen-bond donors (Lipinski definition) is 1. The van der Waals surface area contributed by atoms with E-state index in [1.54, 1.807) is 4.81 Å². The number of aliphatic hydroxyl groups is 1. The summed E-state index contributed by atoms with van der Waals surface area (Å²) in [4.78, 5) is 12.0. The van der Waals surface area contributed by atoms with Crippen molar-refractivity contribution >= 4 is 13.6 Å². The highest BCUT2D eigenvalue weighted by Gasteiger charge is 2.46. The van der Waals surface area contributed by atoms with Crippen molar-refractivity contribution in [1.82, 2.24) is 4.81 Å². The first-order valence-electron chi connectivity index (χ1n) is 4.60. The van der Waals surface area contributed by atoms with Gasteiger partial charge in [-0.3, -0.25) is 0 Å². The minimum atomic E-state index is -1.19. The van der Waals surface area contributed by atoms with E-state index in [0.29, 0.717) is 12.7 Å². The summed E-state index contributed by atoms with van der Waals surface area (Å²) in [7, 11) is 1.38. The van der Waals surface area contributed by atoms with Gasteiger partial charge in [-0.2, -0.15) is 0 Å². The van der Waals surface area contributed by atoms with Crippen molar-refractivity contribution < 1.29 is 14.3 Å². The molecule has 0 amide bonds. The third-order valence-electron chi connectivity index (χ3n) is 3.13. The van der Waals surface area contributed by atoms with Crippen LogP contribution in [0.5, 0.6) is 0 Å². The van der Waals surface area contributed by atoms with E-state index in [-0.39, 0.29) is 12.0 Å². The maximum atomic E-state index is 13.4. The molecule has 0 aromatic heterocycles. The summed E-state index contributed by atoms with van der Waals surface area (Å²) in [5.74, 6) is -0.00352. The molecule has 3 nitrogen and oxygen atoms in total. The van der Waals surface area contributed by atoms with Crippen LogP contribution in [-0.4, -0.2) is 48.4 Å². The predicted octanol–water partition coefficient (Wildman–Crippen LogP) is -0.411. The van der Waals surface area contributed by atoms with Gasteiger partial charge in [-0.1, -0.05) is 0 Å². The number of piperidine rings is 2. The van der Waals surface area contributed by atoms with Gasteiger partial charge in [0.15, 0.2) is 0 Å². The number of nitrogens with zero attached hydrogens (tertiary/aromatic N) is 1. The zero-order chi connectivity index (χ0) is 9.42. The Hall–Kier alpha value is -0.415. The smallest absolute Gasteiger partial charge is 0.293 e. The number of halogens is 1. The van der Waals surface area contributed by atoms with Gasteiger partial charge in [0.25, 0.3) is 7.41 Å². The van der Waals surface area contributed by atoms with E-state index in [0.717, 1.165) is 12.8 Å². The first-order chi connectivity index (χ1) is 6.24. The van der Waals surface area contributed by atoms with Gasteiger partial charge in [0.05, 0.1) is 12.3 Å². The molecular formula is C8H12BFNO2. The van der Waals surface area contributed by atoms with Gasteiger partial charge in [0.1, 0.15) is 6.17 Å². The Morgan fingerprint density at radius 2 is 2.31 bits per heavy atom. The zero-order valence-electron chi connectivity index (χ0n) is 7.27. The lowest BCUT2D eigenvalue weighted by atomic mass is 9.72. The summed E-state index contributed by atoms with van der Waals surface area (Å²) in [6.07, 6.45) is 0.279. The molecule has 2 bridgehead atoms. The number of carbonyl (C=O) groups is 1. The first-order valence-corrected chi connectivity index (χ1v) is 4.60. The summed E-state index contributed by atoms with van der Waals surface area (Å²) >= 11 is 0. The molecule has 3 aliphatic rings. The van der Waals surface area contributed by atoms with Crippen LogP contribution in [0.2, 0.25) is 0 Å². The van der Waals surface area contributed by atoms with Crippen molar-refractivity contribution in [2.75, 3.05) is 6.54 Å². The molecule has 0 aromatic carbocycles. The average Bonchev–Trinajstić information content (AvgIpc) is 2.14. The molecule has 71 valence electrons. The van der Waals surface area contributed by atoms with E-state index in [1.165, 1.54) is 7.41 Å². The molecule has 3 fully saturated rings. The van der Waals surface area contributed by atoms with Gasteiger partial charge in [-0.05, 0) is 25.3 Å². The van der Waals surface area contributed by atoms with Crippen LogP contribution < -0.4 is 0 Å². The molecule has 1 N–H and O–H groups in total. The van der Waals surface area contributed by atoms with Gasteiger partial charge < -0.3 is 14.7 Å². The van der Waals surface area contributed by atoms with E-state index in [9.17, 15) is 14.3 Å². The molecule has 2 saturated heterocycles. The lowest BCUT2D eigenvalue weighted by Gasteiger charge is -2.49. The Labute approximate surface area is 77.2 Å². The van der Waals surface area contributed by atoms with E-state index >= 15 is 0 Å². The number of rotatable bonds is 2. The van der Waals surface area contributed by atoms with Crippen LogP contribution in [0.1, 0.15) is 12.8 Å². The van der Waals surface area contributed by atoms with Crippen molar-refractivity contribution in [2.45, 2.75) is 31.2 Å². The second-order valence-electron chi connectivity index (χ2n) is 3.82. The van der Waals surface area contributed by atoms with Crippen LogP contribution >= 0.6 is 0 Å². The summed E-state index contributed by atoms with van der Waals surface area (Å²) < 4.78 is 13.4. The lowest BCUT2D eigenvalue weighted by Crippen LogP contribution is -2.62. The largest absolute Gasteiger partial charge is 0.390 e. The van der Waals surface area contributed by atoms with E-state index in [2.05, 4.69) is 0 Å². The topological polar surface area (TPSA) is 40.5 Å². The predicted molar refractivity (Wildman–Crippen MR) is 46.6 cm³/mol. The molecule has 1 saturated carbocycles. The molecule has 13 heavy (non-hydrogen) atoms. The number of carbonyl (C=O) groups excluding carboxylic acids is 1. The summed E-state index contributed by atoms with van der Waals surface area (Å²) in [6, 6.07) is -0.287. The van der Waals surface area contributed by atoms with E-state index in [4.69, 9.17) is 0 Å². The molecule has 5 heteroatoms. The van der Waals surface area contributed by atoms with Crippen molar-refractivity contribution in [2.24, 2.45) is 5.92 Å². The summed E-state index contributed by atoms with van der Waals surface area (Å²) in [5, 5.41) is 9.45. The molecule has 1 radical (unpaired) electrons. The summed E-state index contributed by atoms with van der Waals surface area (Å²) in [6.45, 7) is 0.616. The van der Waals surface area contributed by atoms with Crippen LogP contribution in [0, 0.1) is 5.92 Å². The molecule has 0 aromatic rings. The SMILES string of the molecule is O=C[B]N1CC2CCC1[C@H](F)[C@H]2O. The zero-order valence-corrected chi connectivity index (χ0v) is 7.27. The maximum absolute atomic E-state index is 13.4. The fourth-order valence-corrected chi connectivity index (χ4v) is 2.41. The highest BCUT2D eigenvalue weighted by atomic mass is 19.1. The third kappa shape index (κ3) is 1.40. The van der Waals surface area contributed by atoms with Crippen molar-refractivity contribution in [3.05, 3.63) is 0 Å². The second-order valence-corrected chi connectivity index (χ2v) is 3.82. The van der Waals surface area contributed by atoms with Gasteiger partial charge in [-0.15, -0.1) is 0 Å². The van der Waals surface area contributed by atoms with Crippen LogP contribution in [0.25, 0.3) is 0 Å². The highest BCUT2D eigenvalue weighted by Crippen LogP contribution is 2.36. The van der Waals surface area contributed by atoms with Gasteiger partial charge in [0.2, 0.25) is 0 Å². The van der Waals surface area contributed by atoms with Gasteiger partial charge in [0, 0.05) is 6.04 Å². The fourth-order valence-electron chi connectivity index (χ4n) is 2.41. The molecule has 4 atom stereocenters. The Balaban J connectivity index is 2.09. The Morgan fingerprint density at radius 3 is 2.92 bits per heavy atom. The number of aliphatic hydroxyl groups excluding tert-OH is 1. The van der Waals surface area contributed by atoms with E-state index in [1.807, 2.05) is 0 Å². The van der Waals surface area contributed by atoms with Gasteiger partial charge in [-0.25, -0.2) is 4.39 Å². The van der Waals surface area contributed by atoms with Crippen molar-refractivity contribution in [3.8, 4) is 0 Å². The van der Waals surface area contributed by atoms with Crippen LogP contribution in [0.15, 0.2) is 0 Å². The van der Waals surface area contributed by atoms with Crippen molar-refractivity contribution in [1.29, 1.82) is 0 Å². The Bertz CT molecular complexity index is 214. The minimum Gasteiger partial charge on any atom is -0.390 e. The Kier molecular flexibility index (Phi) is 2.38. The van der Waals surface area contributed by atoms with Crippen LogP contribution in [0.3, 0.4) is 0 Å². The average molecular weight is 184 g/mol. The Morgan fingerprint density at radius 1 is 1.54 bits per heavy atom. The molecule has 0 spiro atoms. The standard InChI is InChI=1S/C8H12BFNO2/c10-7-6-2-1-5(8(7)13)3-11(6)9-4-12/h4-8,13H,1-3H2/t5?,6?,7-,8-/m0/s1. The summed E-state index contributed by atoms with van der Waals surface area (Å²) in [5.41, 5.74) is 0. The molecule has 2 aliphatic heterocycles. The second kappa shape index (κ2) is 3.38. The number of fused-ring (bicyclic) bond motifs is 3. The van der Waals surface area contributed by atoms with E-state index < -0.39 is 12.3 Å². The lowest BCUT2D eigenvalue weighted by molar-refractivity contribution is -0.0812. The quantitative estimate of drug-likeness (QED) is 0.468. The first kappa shape index (κ1) is 9.15. The highest BCUT2D eigenvalue weighted by molar-refractivity contribution is 6.64. The molecule has 3 rings (SSSR count). The number of alkyl halides is 1. The molecule has 1 aliphatic carbocycles. The number of hydrogen-bond acceptors (Lipinski definition) is 3. The van der Waals surface area contributed by atoms with Crippen LogP contribution in [0.4, 0.5) is 4.39 Å². The van der Waals surface area contributed by atoms with Crippen LogP contribution in [-0.2, 0) is 4.79 Å². The fraction of sp³-hybridized carbons (Fsp3) is 0.875. The van der Waals surface area contributed by atoms with Crippen molar-refractivity contribution in [3.63, 3.8) is 0 Å². The normalized spacial score (nSPS) is 44.8. The maximum Gasteiger partial charge on any atom is 0.293 e. The molecule has 2 heterocycles. The third-order valence-corrected chi connectivity index (χ3v) is 3.13. The minimum absolute atomic E-state index is 0.00352. The molecule has 2 unspecified atom stereocenters. The monoisotopic (exact) mass is 184 g/mol. The van der Waals surface area contributed by atoms with Gasteiger partial charge >= 0.3 is 0 Å².